The topological polar surface area (TPSA) is 69.0 Å². The van der Waals surface area contributed by atoms with Crippen LogP contribution in [0.2, 0.25) is 0 Å². The number of methoxy groups -OCH3 is 1. The third-order valence-electron chi connectivity index (χ3n) is 6.04. The van der Waals surface area contributed by atoms with Gasteiger partial charge in [0, 0.05) is 19.1 Å². The van der Waals surface area contributed by atoms with E-state index >= 15 is 0 Å². The van der Waals surface area contributed by atoms with Gasteiger partial charge in [0.25, 0.3) is 0 Å². The Bertz CT molecular complexity index is 1080. The van der Waals surface area contributed by atoms with Gasteiger partial charge in [0.05, 0.1) is 43.4 Å². The number of aliphatic hydroxyl groups is 1. The molecule has 1 fully saturated rings. The summed E-state index contributed by atoms with van der Waals surface area (Å²) in [5, 5.41) is 15.5. The average molecular weight is 478 g/mol. The molecule has 0 unspecified atom stereocenters. The number of aromatic nitrogens is 2. The zero-order valence-corrected chi connectivity index (χ0v) is 20.6. The monoisotopic (exact) mass is 477 g/mol. The summed E-state index contributed by atoms with van der Waals surface area (Å²) in [7, 11) is 1.65. The maximum Gasteiger partial charge on any atom is 0.227 e. The van der Waals surface area contributed by atoms with E-state index in [4.69, 9.17) is 19.3 Å². The molecular weight excluding hydrogens is 442 g/mol. The molecule has 0 bridgehead atoms. The molecule has 1 saturated carbocycles. The van der Waals surface area contributed by atoms with E-state index in [-0.39, 0.29) is 6.61 Å². The van der Waals surface area contributed by atoms with Crippen LogP contribution in [-0.4, -0.2) is 58.8 Å². The van der Waals surface area contributed by atoms with Gasteiger partial charge in [0.1, 0.15) is 11.5 Å². The molecule has 2 aromatic carbocycles. The minimum Gasteiger partial charge on any atom is -0.497 e. The zero-order valence-electron chi connectivity index (χ0n) is 20.6. The maximum absolute atomic E-state index is 10.6. The standard InChI is InChI=1S/C28H35N3O4/c1-4-17-34-20-23(32)18-30(21-11-12-21)19-26-27(5-2)29-31(22-9-7-6-8-10-22)28(26)35-25-15-13-24(33-3)14-16-25/h4,6-10,13-16,21,23,32H,1,5,11-12,17-20H2,2-3H3/t23-/m1/s1. The zero-order chi connectivity index (χ0) is 24.6. The van der Waals surface area contributed by atoms with Crippen molar-refractivity contribution in [3.8, 4) is 23.1 Å². The predicted molar refractivity (Wildman–Crippen MR) is 136 cm³/mol. The summed E-state index contributed by atoms with van der Waals surface area (Å²) in [6.45, 7) is 7.67. The fourth-order valence-corrected chi connectivity index (χ4v) is 4.12. The van der Waals surface area contributed by atoms with Gasteiger partial charge < -0.3 is 19.3 Å². The van der Waals surface area contributed by atoms with Crippen molar-refractivity contribution in [1.82, 2.24) is 14.7 Å². The first kappa shape index (κ1) is 25.0. The van der Waals surface area contributed by atoms with Gasteiger partial charge in [0.2, 0.25) is 5.88 Å². The van der Waals surface area contributed by atoms with Crippen molar-refractivity contribution < 1.29 is 19.3 Å². The molecule has 1 heterocycles. The Morgan fingerprint density at radius 1 is 1.14 bits per heavy atom. The second-order valence-corrected chi connectivity index (χ2v) is 8.75. The summed E-state index contributed by atoms with van der Waals surface area (Å²) in [6.07, 6.45) is 4.15. The van der Waals surface area contributed by atoms with Crippen molar-refractivity contribution in [2.75, 3.05) is 26.9 Å². The first-order valence-corrected chi connectivity index (χ1v) is 12.2. The predicted octanol–water partition coefficient (Wildman–Crippen LogP) is 4.76. The highest BCUT2D eigenvalue weighted by atomic mass is 16.5. The molecule has 0 spiro atoms. The SMILES string of the molecule is C=CCOC[C@H](O)CN(Cc1c(CC)nn(-c2ccccc2)c1Oc1ccc(OC)cc1)C1CC1. The Kier molecular flexibility index (Phi) is 8.58. The first-order chi connectivity index (χ1) is 17.1. The molecule has 0 amide bonds. The Morgan fingerprint density at radius 3 is 2.49 bits per heavy atom. The first-order valence-electron chi connectivity index (χ1n) is 12.2. The van der Waals surface area contributed by atoms with Crippen LogP contribution in [0, 0.1) is 0 Å². The lowest BCUT2D eigenvalue weighted by molar-refractivity contribution is 0.0226. The van der Waals surface area contributed by atoms with Gasteiger partial charge in [-0.2, -0.15) is 5.10 Å². The van der Waals surface area contributed by atoms with E-state index < -0.39 is 6.10 Å². The van der Waals surface area contributed by atoms with Crippen LogP contribution < -0.4 is 9.47 Å². The second-order valence-electron chi connectivity index (χ2n) is 8.75. The summed E-state index contributed by atoms with van der Waals surface area (Å²) in [5.74, 6) is 2.18. The minimum absolute atomic E-state index is 0.286. The van der Waals surface area contributed by atoms with Crippen molar-refractivity contribution in [3.63, 3.8) is 0 Å². The normalized spacial score (nSPS) is 14.2. The third-order valence-corrected chi connectivity index (χ3v) is 6.04. The van der Waals surface area contributed by atoms with E-state index in [2.05, 4.69) is 18.4 Å². The van der Waals surface area contributed by atoms with Crippen molar-refractivity contribution in [2.45, 2.75) is 44.9 Å². The molecule has 1 aliphatic carbocycles. The van der Waals surface area contributed by atoms with Crippen LogP contribution in [0.25, 0.3) is 5.69 Å². The van der Waals surface area contributed by atoms with Gasteiger partial charge in [-0.3, -0.25) is 4.90 Å². The molecule has 7 nitrogen and oxygen atoms in total. The van der Waals surface area contributed by atoms with Crippen molar-refractivity contribution >= 4 is 0 Å². The molecule has 0 aliphatic heterocycles. The molecule has 186 valence electrons. The summed E-state index contributed by atoms with van der Waals surface area (Å²) >= 11 is 0. The van der Waals surface area contributed by atoms with Gasteiger partial charge >= 0.3 is 0 Å². The van der Waals surface area contributed by atoms with Crippen LogP contribution in [0.15, 0.2) is 67.3 Å². The largest absolute Gasteiger partial charge is 0.497 e. The number of nitrogens with zero attached hydrogens (tertiary/aromatic N) is 3. The molecule has 1 N–H and O–H groups in total. The summed E-state index contributed by atoms with van der Waals surface area (Å²) in [6, 6.07) is 18.0. The maximum atomic E-state index is 10.6. The Balaban J connectivity index is 1.66. The fourth-order valence-electron chi connectivity index (χ4n) is 4.12. The number of hydrogen-bond donors (Lipinski definition) is 1. The molecule has 0 saturated heterocycles. The lowest BCUT2D eigenvalue weighted by Crippen LogP contribution is -2.36. The molecule has 1 atom stereocenters. The third kappa shape index (κ3) is 6.51. The lowest BCUT2D eigenvalue weighted by atomic mass is 10.1. The molecule has 1 aliphatic rings. The second kappa shape index (κ2) is 12.0. The number of rotatable bonds is 14. The fraction of sp³-hybridized carbons (Fsp3) is 0.393. The van der Waals surface area contributed by atoms with Crippen LogP contribution in [0.1, 0.15) is 31.0 Å². The quantitative estimate of drug-likeness (QED) is 0.267. The summed E-state index contributed by atoms with van der Waals surface area (Å²) in [5.41, 5.74) is 2.96. The van der Waals surface area contributed by atoms with Crippen LogP contribution in [0.5, 0.6) is 17.4 Å². The van der Waals surface area contributed by atoms with Crippen LogP contribution >= 0.6 is 0 Å². The van der Waals surface area contributed by atoms with E-state index in [1.807, 2.05) is 59.3 Å². The molecule has 1 aromatic heterocycles. The highest BCUT2D eigenvalue weighted by molar-refractivity contribution is 5.44. The number of ether oxygens (including phenoxy) is 3. The van der Waals surface area contributed by atoms with E-state index in [9.17, 15) is 5.11 Å². The lowest BCUT2D eigenvalue weighted by Gasteiger charge is -2.25. The number of hydrogen-bond acceptors (Lipinski definition) is 6. The molecule has 35 heavy (non-hydrogen) atoms. The van der Waals surface area contributed by atoms with E-state index in [0.717, 1.165) is 42.0 Å². The Labute approximate surface area is 207 Å². The van der Waals surface area contributed by atoms with Gasteiger partial charge in [0.15, 0.2) is 0 Å². The van der Waals surface area contributed by atoms with Gasteiger partial charge in [-0.05, 0) is 55.7 Å². The van der Waals surface area contributed by atoms with E-state index in [1.165, 1.54) is 0 Å². The van der Waals surface area contributed by atoms with Gasteiger partial charge in [-0.1, -0.05) is 31.2 Å². The smallest absolute Gasteiger partial charge is 0.227 e. The van der Waals surface area contributed by atoms with E-state index in [0.29, 0.717) is 37.4 Å². The van der Waals surface area contributed by atoms with Gasteiger partial charge in [-0.15, -0.1) is 6.58 Å². The number of aryl methyl sites for hydroxylation is 1. The highest BCUT2D eigenvalue weighted by Crippen LogP contribution is 2.35. The molecule has 7 heteroatoms. The number of para-hydroxylation sites is 1. The molecule has 0 radical (unpaired) electrons. The van der Waals surface area contributed by atoms with Gasteiger partial charge in [-0.25, -0.2) is 4.68 Å². The summed E-state index contributed by atoms with van der Waals surface area (Å²) < 4.78 is 19.1. The van der Waals surface area contributed by atoms with Crippen LogP contribution in [0.4, 0.5) is 0 Å². The Hall–Kier alpha value is -3.13. The highest BCUT2D eigenvalue weighted by Gasteiger charge is 2.33. The molecular formula is C28H35N3O4. The Morgan fingerprint density at radius 2 is 1.86 bits per heavy atom. The molecule has 4 rings (SSSR count). The van der Waals surface area contributed by atoms with E-state index in [1.54, 1.807) is 13.2 Å². The minimum atomic E-state index is -0.573. The van der Waals surface area contributed by atoms with Crippen LogP contribution in [-0.2, 0) is 17.7 Å². The number of benzene rings is 2. The van der Waals surface area contributed by atoms with Crippen molar-refractivity contribution in [1.29, 1.82) is 0 Å². The molecule has 3 aromatic rings. The van der Waals surface area contributed by atoms with Crippen molar-refractivity contribution in [2.24, 2.45) is 0 Å². The number of aliphatic hydroxyl groups excluding tert-OH is 1. The summed E-state index contributed by atoms with van der Waals surface area (Å²) in [4.78, 5) is 2.33. The average Bonchev–Trinajstić information content (AvgIpc) is 3.68. The van der Waals surface area contributed by atoms with Crippen LogP contribution in [0.3, 0.4) is 0 Å². The van der Waals surface area contributed by atoms with Crippen molar-refractivity contribution in [3.05, 3.63) is 78.5 Å².